The lowest BCUT2D eigenvalue weighted by atomic mass is 9.95. The molecule has 0 atom stereocenters. The van der Waals surface area contributed by atoms with E-state index in [1.165, 1.54) is 22.3 Å². The number of hydrogen-bond acceptors (Lipinski definition) is 2. The third-order valence-electron chi connectivity index (χ3n) is 3.25. The lowest BCUT2D eigenvalue weighted by molar-refractivity contribution is 0.589. The number of benzene rings is 2. The average Bonchev–Trinajstić information content (AvgIpc) is 2.45. The van der Waals surface area contributed by atoms with Crippen molar-refractivity contribution in [2.24, 2.45) is 5.73 Å². The zero-order chi connectivity index (χ0) is 13.7. The molecular formula is C17H22N2. The molecule has 2 rings (SSSR count). The van der Waals surface area contributed by atoms with E-state index in [0.29, 0.717) is 12.6 Å². The second-order valence-electron chi connectivity index (χ2n) is 5.05. The van der Waals surface area contributed by atoms with E-state index in [-0.39, 0.29) is 0 Å². The van der Waals surface area contributed by atoms with Crippen LogP contribution in [0.15, 0.2) is 48.5 Å². The molecule has 0 fully saturated rings. The third kappa shape index (κ3) is 3.43. The normalized spacial score (nSPS) is 10.9. The van der Waals surface area contributed by atoms with Gasteiger partial charge in [-0.3, -0.25) is 0 Å². The fourth-order valence-corrected chi connectivity index (χ4v) is 2.21. The summed E-state index contributed by atoms with van der Waals surface area (Å²) < 4.78 is 0. The summed E-state index contributed by atoms with van der Waals surface area (Å²) >= 11 is 0. The first-order valence-corrected chi connectivity index (χ1v) is 6.82. The molecule has 0 aliphatic heterocycles. The van der Waals surface area contributed by atoms with E-state index in [2.05, 4.69) is 61.6 Å². The maximum absolute atomic E-state index is 5.84. The molecule has 0 heterocycles. The van der Waals surface area contributed by atoms with Gasteiger partial charge in [0.15, 0.2) is 0 Å². The van der Waals surface area contributed by atoms with Gasteiger partial charge in [0.1, 0.15) is 0 Å². The Hall–Kier alpha value is -1.64. The van der Waals surface area contributed by atoms with Gasteiger partial charge in [0.2, 0.25) is 0 Å². The van der Waals surface area contributed by atoms with Gasteiger partial charge in [0.25, 0.3) is 0 Å². The van der Waals surface area contributed by atoms with Gasteiger partial charge in [-0.1, -0.05) is 62.4 Å². The van der Waals surface area contributed by atoms with Crippen molar-refractivity contribution in [3.05, 3.63) is 59.7 Å². The van der Waals surface area contributed by atoms with Gasteiger partial charge in [-0.25, -0.2) is 0 Å². The molecule has 19 heavy (non-hydrogen) atoms. The van der Waals surface area contributed by atoms with Gasteiger partial charge in [-0.2, -0.15) is 0 Å². The molecule has 0 bridgehead atoms. The largest absolute Gasteiger partial charge is 0.326 e. The van der Waals surface area contributed by atoms with Crippen LogP contribution in [0.3, 0.4) is 0 Å². The Kier molecular flexibility index (Phi) is 4.72. The van der Waals surface area contributed by atoms with Crippen LogP contribution in [-0.2, 0) is 13.1 Å². The predicted octanol–water partition coefficient (Wildman–Crippen LogP) is 3.31. The number of hydrogen-bond donors (Lipinski definition) is 2. The Morgan fingerprint density at radius 3 is 2.00 bits per heavy atom. The van der Waals surface area contributed by atoms with Crippen LogP contribution in [-0.4, -0.2) is 6.04 Å². The van der Waals surface area contributed by atoms with Gasteiger partial charge in [0.05, 0.1) is 0 Å². The summed E-state index contributed by atoms with van der Waals surface area (Å²) in [6.07, 6.45) is 0. The van der Waals surface area contributed by atoms with Crippen molar-refractivity contribution in [3.63, 3.8) is 0 Å². The van der Waals surface area contributed by atoms with Crippen molar-refractivity contribution in [2.75, 3.05) is 0 Å². The van der Waals surface area contributed by atoms with E-state index < -0.39 is 0 Å². The highest BCUT2D eigenvalue weighted by Crippen LogP contribution is 2.27. The molecular weight excluding hydrogens is 232 g/mol. The standard InChI is InChI=1S/C17H22N2/c1-13(2)19-12-15-8-4-6-10-17(15)16-9-5-3-7-14(16)11-18/h3-10,13,19H,11-12,18H2,1-2H3. The van der Waals surface area contributed by atoms with Crippen molar-refractivity contribution in [1.29, 1.82) is 0 Å². The summed E-state index contributed by atoms with van der Waals surface area (Å²) in [5, 5.41) is 3.48. The highest BCUT2D eigenvalue weighted by molar-refractivity contribution is 5.70. The van der Waals surface area contributed by atoms with Gasteiger partial charge in [-0.15, -0.1) is 0 Å². The molecule has 3 N–H and O–H groups in total. The molecule has 2 nitrogen and oxygen atoms in total. The third-order valence-corrected chi connectivity index (χ3v) is 3.25. The average molecular weight is 254 g/mol. The fraction of sp³-hybridized carbons (Fsp3) is 0.294. The molecule has 0 aliphatic rings. The Morgan fingerprint density at radius 2 is 1.42 bits per heavy atom. The van der Waals surface area contributed by atoms with E-state index in [1.54, 1.807) is 0 Å². The highest BCUT2D eigenvalue weighted by Gasteiger charge is 2.08. The molecule has 0 spiro atoms. The van der Waals surface area contributed by atoms with Crippen molar-refractivity contribution >= 4 is 0 Å². The topological polar surface area (TPSA) is 38.0 Å². The van der Waals surface area contributed by atoms with E-state index in [9.17, 15) is 0 Å². The lowest BCUT2D eigenvalue weighted by Crippen LogP contribution is -2.22. The molecule has 0 radical (unpaired) electrons. The van der Waals surface area contributed by atoms with Crippen LogP contribution in [0.25, 0.3) is 11.1 Å². The Bertz CT molecular complexity index is 532. The summed E-state index contributed by atoms with van der Waals surface area (Å²) in [6.45, 7) is 5.78. The maximum Gasteiger partial charge on any atom is 0.0214 e. The molecule has 100 valence electrons. The summed E-state index contributed by atoms with van der Waals surface area (Å²) in [5.74, 6) is 0. The zero-order valence-corrected chi connectivity index (χ0v) is 11.7. The Balaban J connectivity index is 2.38. The maximum atomic E-state index is 5.84. The van der Waals surface area contributed by atoms with E-state index in [0.717, 1.165) is 6.54 Å². The second-order valence-corrected chi connectivity index (χ2v) is 5.05. The van der Waals surface area contributed by atoms with Crippen molar-refractivity contribution in [1.82, 2.24) is 5.32 Å². The quantitative estimate of drug-likeness (QED) is 0.859. The first-order chi connectivity index (χ1) is 9.22. The predicted molar refractivity (Wildman–Crippen MR) is 81.7 cm³/mol. The molecule has 0 aliphatic carbocycles. The van der Waals surface area contributed by atoms with Crippen LogP contribution in [0.5, 0.6) is 0 Å². The molecule has 0 aromatic heterocycles. The van der Waals surface area contributed by atoms with Crippen LogP contribution in [0.2, 0.25) is 0 Å². The molecule has 0 saturated heterocycles. The minimum atomic E-state index is 0.484. The minimum absolute atomic E-state index is 0.484. The molecule has 2 aromatic rings. The number of nitrogens with two attached hydrogens (primary N) is 1. The highest BCUT2D eigenvalue weighted by atomic mass is 14.9. The number of rotatable bonds is 5. The number of nitrogens with one attached hydrogen (secondary N) is 1. The van der Waals surface area contributed by atoms with Crippen LogP contribution in [0, 0.1) is 0 Å². The molecule has 0 unspecified atom stereocenters. The molecule has 2 aromatic carbocycles. The Morgan fingerprint density at radius 1 is 0.895 bits per heavy atom. The SMILES string of the molecule is CC(C)NCc1ccccc1-c1ccccc1CN. The van der Waals surface area contributed by atoms with Crippen LogP contribution >= 0.6 is 0 Å². The van der Waals surface area contributed by atoms with Gasteiger partial charge in [-0.05, 0) is 22.3 Å². The summed E-state index contributed by atoms with van der Waals surface area (Å²) in [5.41, 5.74) is 10.9. The molecule has 2 heteroatoms. The van der Waals surface area contributed by atoms with E-state index in [1.807, 2.05) is 6.07 Å². The van der Waals surface area contributed by atoms with Crippen LogP contribution in [0.1, 0.15) is 25.0 Å². The van der Waals surface area contributed by atoms with Crippen LogP contribution < -0.4 is 11.1 Å². The van der Waals surface area contributed by atoms with Crippen LogP contribution in [0.4, 0.5) is 0 Å². The van der Waals surface area contributed by atoms with Gasteiger partial charge < -0.3 is 11.1 Å². The van der Waals surface area contributed by atoms with E-state index in [4.69, 9.17) is 5.73 Å². The fourth-order valence-electron chi connectivity index (χ4n) is 2.21. The van der Waals surface area contributed by atoms with Crippen molar-refractivity contribution < 1.29 is 0 Å². The van der Waals surface area contributed by atoms with E-state index >= 15 is 0 Å². The van der Waals surface area contributed by atoms with Crippen molar-refractivity contribution in [3.8, 4) is 11.1 Å². The summed E-state index contributed by atoms with van der Waals surface area (Å²) in [7, 11) is 0. The second kappa shape index (κ2) is 6.50. The molecule has 0 saturated carbocycles. The first-order valence-electron chi connectivity index (χ1n) is 6.82. The Labute approximate surface area is 115 Å². The van der Waals surface area contributed by atoms with Gasteiger partial charge in [0, 0.05) is 19.1 Å². The smallest absolute Gasteiger partial charge is 0.0214 e. The van der Waals surface area contributed by atoms with Gasteiger partial charge >= 0.3 is 0 Å². The monoisotopic (exact) mass is 254 g/mol. The summed E-state index contributed by atoms with van der Waals surface area (Å²) in [6, 6.07) is 17.4. The molecule has 0 amide bonds. The van der Waals surface area contributed by atoms with Crippen molar-refractivity contribution in [2.45, 2.75) is 33.0 Å². The summed E-state index contributed by atoms with van der Waals surface area (Å²) in [4.78, 5) is 0. The first kappa shape index (κ1) is 13.8. The zero-order valence-electron chi connectivity index (χ0n) is 11.7. The lowest BCUT2D eigenvalue weighted by Gasteiger charge is -2.15. The minimum Gasteiger partial charge on any atom is -0.326 e.